The van der Waals surface area contributed by atoms with Crippen LogP contribution in [0.15, 0.2) is 18.2 Å². The fourth-order valence-electron chi connectivity index (χ4n) is 2.80. The van der Waals surface area contributed by atoms with Gasteiger partial charge in [-0.3, -0.25) is 9.59 Å². The summed E-state index contributed by atoms with van der Waals surface area (Å²) in [6, 6.07) is 5.09. The Kier molecular flexibility index (Phi) is 7.74. The van der Waals surface area contributed by atoms with Gasteiger partial charge in [0.15, 0.2) is 0 Å². The van der Waals surface area contributed by atoms with E-state index in [0.29, 0.717) is 29.5 Å². The molecular weight excluding hydrogens is 377 g/mol. The number of nitrogens with one attached hydrogen (secondary N) is 1. The predicted octanol–water partition coefficient (Wildman–Crippen LogP) is 2.61. The Morgan fingerprint density at radius 3 is 2.69 bits per heavy atom. The fraction of sp³-hybridized carbons (Fsp3) is 0.556. The van der Waals surface area contributed by atoms with Gasteiger partial charge in [0.25, 0.3) is 0 Å². The number of halogens is 2. The van der Waals surface area contributed by atoms with Gasteiger partial charge in [-0.25, -0.2) is 0 Å². The van der Waals surface area contributed by atoms with Crippen molar-refractivity contribution in [1.82, 2.24) is 5.32 Å². The first-order valence-electron chi connectivity index (χ1n) is 8.37. The summed E-state index contributed by atoms with van der Waals surface area (Å²) >= 11 is 6.05. The van der Waals surface area contributed by atoms with E-state index in [4.69, 9.17) is 22.1 Å². The number of carbonyl (C=O) groups excluding carboxylic acids is 2. The van der Waals surface area contributed by atoms with Crippen molar-refractivity contribution in [2.45, 2.75) is 32.7 Å². The van der Waals surface area contributed by atoms with Crippen LogP contribution in [0.2, 0.25) is 5.02 Å². The van der Waals surface area contributed by atoms with Crippen LogP contribution >= 0.6 is 24.0 Å². The second kappa shape index (κ2) is 8.93. The van der Waals surface area contributed by atoms with Gasteiger partial charge in [0.05, 0.1) is 24.3 Å². The molecular formula is C18H27Cl2N3O3. The van der Waals surface area contributed by atoms with Gasteiger partial charge in [-0.15, -0.1) is 12.4 Å². The van der Waals surface area contributed by atoms with Crippen LogP contribution < -0.4 is 20.7 Å². The Morgan fingerprint density at radius 1 is 1.50 bits per heavy atom. The first-order valence-corrected chi connectivity index (χ1v) is 8.75. The summed E-state index contributed by atoms with van der Waals surface area (Å²) in [7, 11) is 1.53. The van der Waals surface area contributed by atoms with Crippen molar-refractivity contribution in [1.29, 1.82) is 0 Å². The Hall–Kier alpha value is -1.50. The number of nitrogens with zero attached hydrogens (tertiary/aromatic N) is 1. The summed E-state index contributed by atoms with van der Waals surface area (Å²) in [5.74, 6) is 0.0227. The first kappa shape index (κ1) is 22.5. The van der Waals surface area contributed by atoms with E-state index in [1.54, 1.807) is 23.1 Å². The molecule has 26 heavy (non-hydrogen) atoms. The normalized spacial score (nSPS) is 19.1. The van der Waals surface area contributed by atoms with E-state index < -0.39 is 11.5 Å². The molecule has 1 aromatic rings. The summed E-state index contributed by atoms with van der Waals surface area (Å²) in [6.07, 6.45) is 0.153. The highest BCUT2D eigenvalue weighted by atomic mass is 35.5. The summed E-state index contributed by atoms with van der Waals surface area (Å²) in [4.78, 5) is 26.7. The van der Waals surface area contributed by atoms with Gasteiger partial charge in [0, 0.05) is 24.5 Å². The molecule has 6 nitrogen and oxygen atoms in total. The lowest BCUT2D eigenvalue weighted by atomic mass is 9.87. The molecule has 3 N–H and O–H groups in total. The average Bonchev–Trinajstić information content (AvgIpc) is 2.96. The van der Waals surface area contributed by atoms with Gasteiger partial charge >= 0.3 is 0 Å². The quantitative estimate of drug-likeness (QED) is 0.764. The van der Waals surface area contributed by atoms with Crippen LogP contribution in [0.3, 0.4) is 0 Å². The lowest BCUT2D eigenvalue weighted by molar-refractivity contribution is -0.128. The first-order chi connectivity index (χ1) is 11.7. The van der Waals surface area contributed by atoms with Crippen molar-refractivity contribution in [3.8, 4) is 5.75 Å². The molecule has 0 spiro atoms. The highest BCUT2D eigenvalue weighted by Gasteiger charge is 2.39. The zero-order chi connectivity index (χ0) is 18.8. The fourth-order valence-corrected chi connectivity index (χ4v) is 2.97. The maximum Gasteiger partial charge on any atom is 0.227 e. The molecule has 8 heteroatoms. The van der Waals surface area contributed by atoms with Crippen LogP contribution in [-0.2, 0) is 9.59 Å². The van der Waals surface area contributed by atoms with Crippen LogP contribution in [0.1, 0.15) is 27.2 Å². The lowest BCUT2D eigenvalue weighted by Crippen LogP contribution is -2.56. The van der Waals surface area contributed by atoms with Crippen molar-refractivity contribution in [3.63, 3.8) is 0 Å². The second-order valence-corrected chi connectivity index (χ2v) is 7.42. The van der Waals surface area contributed by atoms with Crippen LogP contribution in [0.4, 0.5) is 5.69 Å². The standard InChI is InChI=1S/C18H26ClN3O3.ClH/c1-11(2)18(3,10-20)21-17(24)12-7-16(23)22(9-12)14-8-13(19)5-6-15(14)25-4;/h5-6,8,11-12H,7,9-10,20H2,1-4H3,(H,21,24);1H. The molecule has 0 bridgehead atoms. The smallest absolute Gasteiger partial charge is 0.227 e. The predicted molar refractivity (Wildman–Crippen MR) is 106 cm³/mol. The van der Waals surface area contributed by atoms with Gasteiger partial charge in [-0.05, 0) is 31.0 Å². The number of rotatable bonds is 6. The third kappa shape index (κ3) is 4.61. The molecule has 2 atom stereocenters. The van der Waals surface area contributed by atoms with E-state index in [9.17, 15) is 9.59 Å². The van der Waals surface area contributed by atoms with Crippen molar-refractivity contribution < 1.29 is 14.3 Å². The van der Waals surface area contributed by atoms with Gasteiger partial charge < -0.3 is 20.7 Å². The summed E-state index contributed by atoms with van der Waals surface area (Å²) in [5.41, 5.74) is 5.92. The minimum absolute atomic E-state index is 0. The number of anilines is 1. The number of ether oxygens (including phenoxy) is 1. The monoisotopic (exact) mass is 403 g/mol. The highest BCUT2D eigenvalue weighted by Crippen LogP contribution is 2.35. The number of nitrogens with two attached hydrogens (primary N) is 1. The molecule has 146 valence electrons. The average molecular weight is 404 g/mol. The Balaban J connectivity index is 0.00000338. The topological polar surface area (TPSA) is 84.7 Å². The molecule has 0 aliphatic carbocycles. The summed E-state index contributed by atoms with van der Waals surface area (Å²) in [6.45, 7) is 6.57. The number of methoxy groups -OCH3 is 1. The number of benzene rings is 1. The van der Waals surface area contributed by atoms with Crippen molar-refractivity contribution in [2.24, 2.45) is 17.6 Å². The van der Waals surface area contributed by atoms with E-state index in [1.807, 2.05) is 20.8 Å². The number of carbonyl (C=O) groups is 2. The van der Waals surface area contributed by atoms with E-state index in [-0.39, 0.29) is 36.6 Å². The van der Waals surface area contributed by atoms with Crippen molar-refractivity contribution >= 4 is 41.5 Å². The molecule has 1 aliphatic rings. The molecule has 1 fully saturated rings. The maximum absolute atomic E-state index is 12.7. The third-order valence-electron chi connectivity index (χ3n) is 5.03. The minimum Gasteiger partial charge on any atom is -0.495 e. The zero-order valence-corrected chi connectivity index (χ0v) is 17.1. The SMILES string of the molecule is COc1ccc(Cl)cc1N1CC(C(=O)NC(C)(CN)C(C)C)CC1=O.Cl. The molecule has 0 aromatic heterocycles. The second-order valence-electron chi connectivity index (χ2n) is 6.99. The van der Waals surface area contributed by atoms with Crippen LogP contribution in [-0.4, -0.2) is 37.6 Å². The van der Waals surface area contributed by atoms with Crippen molar-refractivity contribution in [3.05, 3.63) is 23.2 Å². The molecule has 1 aliphatic heterocycles. The molecule has 1 saturated heterocycles. The molecule has 1 aromatic carbocycles. The molecule has 2 unspecified atom stereocenters. The zero-order valence-electron chi connectivity index (χ0n) is 15.5. The lowest BCUT2D eigenvalue weighted by Gasteiger charge is -2.34. The summed E-state index contributed by atoms with van der Waals surface area (Å²) < 4.78 is 5.32. The van der Waals surface area contributed by atoms with Gasteiger partial charge in [-0.1, -0.05) is 25.4 Å². The maximum atomic E-state index is 12.7. The Labute approximate surface area is 165 Å². The van der Waals surface area contributed by atoms with Gasteiger partial charge in [-0.2, -0.15) is 0 Å². The van der Waals surface area contributed by atoms with Gasteiger partial charge in [0.1, 0.15) is 5.75 Å². The molecule has 2 rings (SSSR count). The number of amides is 2. The van der Waals surface area contributed by atoms with Gasteiger partial charge in [0.2, 0.25) is 11.8 Å². The number of hydrogen-bond acceptors (Lipinski definition) is 4. The molecule has 2 amide bonds. The third-order valence-corrected chi connectivity index (χ3v) is 5.27. The van der Waals surface area contributed by atoms with Crippen LogP contribution in [0.25, 0.3) is 0 Å². The van der Waals surface area contributed by atoms with E-state index >= 15 is 0 Å². The Morgan fingerprint density at radius 2 is 2.15 bits per heavy atom. The molecule has 0 saturated carbocycles. The summed E-state index contributed by atoms with van der Waals surface area (Å²) in [5, 5.41) is 3.52. The largest absolute Gasteiger partial charge is 0.495 e. The van der Waals surface area contributed by atoms with Crippen LogP contribution in [0.5, 0.6) is 5.75 Å². The van der Waals surface area contributed by atoms with E-state index in [1.165, 1.54) is 7.11 Å². The highest BCUT2D eigenvalue weighted by molar-refractivity contribution is 6.31. The van der Waals surface area contributed by atoms with E-state index in [2.05, 4.69) is 5.32 Å². The molecule has 1 heterocycles. The van der Waals surface area contributed by atoms with Crippen LogP contribution in [0, 0.1) is 11.8 Å². The number of hydrogen-bond donors (Lipinski definition) is 2. The molecule has 0 radical (unpaired) electrons. The minimum atomic E-state index is -0.499. The Bertz CT molecular complexity index is 669. The van der Waals surface area contributed by atoms with Crippen molar-refractivity contribution in [2.75, 3.05) is 25.1 Å². The van der Waals surface area contributed by atoms with E-state index in [0.717, 1.165) is 0 Å².